The van der Waals surface area contributed by atoms with Crippen LogP contribution < -0.4 is 15.6 Å². The van der Waals surface area contributed by atoms with Gasteiger partial charge in [0.25, 0.3) is 11.9 Å². The van der Waals surface area contributed by atoms with E-state index < -0.39 is 11.6 Å². The summed E-state index contributed by atoms with van der Waals surface area (Å²) in [7, 11) is 0. The maximum Gasteiger partial charge on any atom is 0.322 e. The minimum absolute atomic E-state index is 0.0463. The topological polar surface area (TPSA) is 141 Å². The number of amides is 3. The van der Waals surface area contributed by atoms with Crippen molar-refractivity contribution in [1.29, 1.82) is 5.26 Å². The highest BCUT2D eigenvalue weighted by atomic mass is 16.2. The van der Waals surface area contributed by atoms with Gasteiger partial charge in [-0.3, -0.25) is 10.1 Å². The smallest absolute Gasteiger partial charge is 0.322 e. The number of imide groups is 1. The summed E-state index contributed by atoms with van der Waals surface area (Å²) in [6, 6.07) is 3.25. The maximum atomic E-state index is 12.2. The second-order valence-electron chi connectivity index (χ2n) is 8.84. The minimum atomic E-state index is -0.844. The second kappa shape index (κ2) is 7.05. The molecule has 1 spiro atoms. The number of fused-ring (bicyclic) bond motifs is 1. The molecule has 2 aromatic heterocycles. The van der Waals surface area contributed by atoms with Gasteiger partial charge in [-0.2, -0.15) is 29.9 Å². The molecule has 3 amide bonds. The number of nitrogens with zero attached hydrogens (tertiary/aromatic N) is 7. The van der Waals surface area contributed by atoms with Gasteiger partial charge in [-0.25, -0.2) is 9.80 Å². The third-order valence-electron chi connectivity index (χ3n) is 5.15. The number of carbonyl (C=O) groups excluding carboxylic acids is 2. The fourth-order valence-electron chi connectivity index (χ4n) is 3.74. The molecule has 0 unspecified atom stereocenters. The third kappa shape index (κ3) is 3.68. The summed E-state index contributed by atoms with van der Waals surface area (Å²) in [5.74, 6) is 0.187. The first-order chi connectivity index (χ1) is 14.2. The van der Waals surface area contributed by atoms with Crippen molar-refractivity contribution >= 4 is 29.2 Å². The zero-order valence-electron chi connectivity index (χ0n) is 17.1. The van der Waals surface area contributed by atoms with Crippen LogP contribution in [0.25, 0.3) is 5.65 Å². The van der Waals surface area contributed by atoms with E-state index >= 15 is 0 Å². The van der Waals surface area contributed by atoms with E-state index in [9.17, 15) is 14.9 Å². The number of urea groups is 1. The van der Waals surface area contributed by atoms with E-state index in [0.29, 0.717) is 43.8 Å². The Kier molecular flexibility index (Phi) is 4.64. The number of hydrogen-bond donors (Lipinski definition) is 2. The largest absolute Gasteiger partial charge is 0.323 e. The van der Waals surface area contributed by atoms with Crippen molar-refractivity contribution in [2.24, 2.45) is 10.5 Å². The SMILES string of the molecule is CC(C)(C)CN(N=C1CCC2(CC1)NC(=O)NC2=O)c1nc(C#N)nc2ccnn12. The number of nitriles is 1. The van der Waals surface area contributed by atoms with Gasteiger partial charge >= 0.3 is 6.03 Å². The van der Waals surface area contributed by atoms with Crippen LogP contribution in [0.4, 0.5) is 10.7 Å². The van der Waals surface area contributed by atoms with E-state index in [1.165, 1.54) is 0 Å². The quantitative estimate of drug-likeness (QED) is 0.576. The van der Waals surface area contributed by atoms with Gasteiger partial charge in [-0.15, -0.1) is 0 Å². The van der Waals surface area contributed by atoms with Crippen molar-refractivity contribution in [3.63, 3.8) is 0 Å². The van der Waals surface area contributed by atoms with Gasteiger partial charge in [0.15, 0.2) is 5.65 Å². The molecular weight excluding hydrogens is 386 g/mol. The number of rotatable bonds is 3. The molecule has 1 aliphatic carbocycles. The van der Waals surface area contributed by atoms with Gasteiger partial charge in [0, 0.05) is 18.3 Å². The minimum Gasteiger partial charge on any atom is -0.323 e. The highest BCUT2D eigenvalue weighted by Crippen LogP contribution is 2.30. The van der Waals surface area contributed by atoms with Crippen molar-refractivity contribution in [2.75, 3.05) is 11.6 Å². The molecule has 1 saturated carbocycles. The van der Waals surface area contributed by atoms with E-state index in [4.69, 9.17) is 5.10 Å². The average molecular weight is 409 g/mol. The van der Waals surface area contributed by atoms with E-state index in [-0.39, 0.29) is 17.1 Å². The molecule has 0 bridgehead atoms. The van der Waals surface area contributed by atoms with Crippen LogP contribution in [-0.2, 0) is 4.79 Å². The van der Waals surface area contributed by atoms with Crippen LogP contribution >= 0.6 is 0 Å². The van der Waals surface area contributed by atoms with Gasteiger partial charge in [-0.05, 0) is 31.1 Å². The maximum absolute atomic E-state index is 12.2. The molecule has 11 nitrogen and oxygen atoms in total. The molecule has 2 aromatic rings. The molecule has 2 aliphatic rings. The van der Waals surface area contributed by atoms with Crippen molar-refractivity contribution < 1.29 is 9.59 Å². The Morgan fingerprint density at radius 3 is 2.63 bits per heavy atom. The van der Waals surface area contributed by atoms with Crippen LogP contribution in [0.5, 0.6) is 0 Å². The molecule has 0 radical (unpaired) electrons. The summed E-state index contributed by atoms with van der Waals surface area (Å²) in [6.07, 6.45) is 3.69. The molecule has 30 heavy (non-hydrogen) atoms. The fraction of sp³-hybridized carbons (Fsp3) is 0.526. The molecule has 11 heteroatoms. The molecule has 3 heterocycles. The third-order valence-corrected chi connectivity index (χ3v) is 5.15. The van der Waals surface area contributed by atoms with Crippen molar-refractivity contribution in [2.45, 2.75) is 52.0 Å². The fourth-order valence-corrected chi connectivity index (χ4v) is 3.74. The van der Waals surface area contributed by atoms with Crippen LogP contribution in [-0.4, -0.2) is 49.3 Å². The standard InChI is InChI=1S/C19H23N9O2/c1-18(2,3)11-27(17-23-13(10-20)22-14-6-9-21-28(14)17)26-12-4-7-19(8-5-12)15(29)24-16(30)25-19/h6,9H,4-5,7-8,11H2,1-3H3,(H2,24,25,29,30). The number of hydrogen-bond acceptors (Lipinski definition) is 8. The number of aromatic nitrogens is 4. The van der Waals surface area contributed by atoms with Crippen molar-refractivity contribution in [1.82, 2.24) is 30.2 Å². The molecule has 0 aromatic carbocycles. The first kappa shape index (κ1) is 19.8. The number of hydrazone groups is 1. The molecule has 2 N–H and O–H groups in total. The Balaban J connectivity index is 1.67. The number of anilines is 1. The van der Waals surface area contributed by atoms with Crippen LogP contribution in [0.2, 0.25) is 0 Å². The van der Waals surface area contributed by atoms with Crippen LogP contribution in [0.1, 0.15) is 52.3 Å². The molecule has 156 valence electrons. The van der Waals surface area contributed by atoms with Gasteiger partial charge in [-0.1, -0.05) is 20.8 Å². The van der Waals surface area contributed by atoms with Crippen LogP contribution in [0.3, 0.4) is 0 Å². The molecule has 1 saturated heterocycles. The van der Waals surface area contributed by atoms with Crippen molar-refractivity contribution in [3.8, 4) is 6.07 Å². The molecule has 4 rings (SSSR count). The normalized spacial score (nSPS) is 21.5. The Hall–Kier alpha value is -3.55. The molecule has 2 fully saturated rings. The monoisotopic (exact) mass is 409 g/mol. The van der Waals surface area contributed by atoms with E-state index in [0.717, 1.165) is 5.71 Å². The first-order valence-corrected chi connectivity index (χ1v) is 9.78. The Morgan fingerprint density at radius 2 is 2.03 bits per heavy atom. The Labute approximate surface area is 173 Å². The zero-order chi connectivity index (χ0) is 21.5. The summed E-state index contributed by atoms with van der Waals surface area (Å²) in [4.78, 5) is 32.3. The predicted molar refractivity (Wildman–Crippen MR) is 108 cm³/mol. The van der Waals surface area contributed by atoms with Crippen LogP contribution in [0, 0.1) is 16.7 Å². The summed E-state index contributed by atoms with van der Waals surface area (Å²) < 4.78 is 1.56. The van der Waals surface area contributed by atoms with E-state index in [1.54, 1.807) is 21.8 Å². The number of carbonyl (C=O) groups is 2. The van der Waals surface area contributed by atoms with Crippen molar-refractivity contribution in [3.05, 3.63) is 18.1 Å². The van der Waals surface area contributed by atoms with Gasteiger partial charge in [0.2, 0.25) is 5.82 Å². The highest BCUT2D eigenvalue weighted by molar-refractivity contribution is 6.08. The average Bonchev–Trinajstić information content (AvgIpc) is 3.25. The van der Waals surface area contributed by atoms with E-state index in [1.807, 2.05) is 6.07 Å². The lowest BCUT2D eigenvalue weighted by molar-refractivity contribution is -0.124. The summed E-state index contributed by atoms with van der Waals surface area (Å²) >= 11 is 0. The summed E-state index contributed by atoms with van der Waals surface area (Å²) in [6.45, 7) is 6.79. The molecular formula is C19H23N9O2. The summed E-state index contributed by atoms with van der Waals surface area (Å²) in [5.41, 5.74) is 0.458. The lowest BCUT2D eigenvalue weighted by atomic mass is 9.81. The second-order valence-corrected chi connectivity index (χ2v) is 8.84. The Bertz CT molecular complexity index is 1080. The van der Waals surface area contributed by atoms with E-state index in [2.05, 4.69) is 46.5 Å². The first-order valence-electron chi connectivity index (χ1n) is 9.78. The Morgan fingerprint density at radius 1 is 1.30 bits per heavy atom. The van der Waals surface area contributed by atoms with Crippen LogP contribution in [0.15, 0.2) is 17.4 Å². The molecule has 0 atom stereocenters. The molecule has 1 aliphatic heterocycles. The highest BCUT2D eigenvalue weighted by Gasteiger charge is 2.47. The van der Waals surface area contributed by atoms with Gasteiger partial charge in [0.05, 0.1) is 6.20 Å². The lowest BCUT2D eigenvalue weighted by Crippen LogP contribution is -2.49. The van der Waals surface area contributed by atoms with Gasteiger partial charge < -0.3 is 5.32 Å². The zero-order valence-corrected chi connectivity index (χ0v) is 17.1. The number of nitrogens with one attached hydrogen (secondary N) is 2. The van der Waals surface area contributed by atoms with Gasteiger partial charge in [0.1, 0.15) is 11.6 Å². The summed E-state index contributed by atoms with van der Waals surface area (Å²) in [5, 5.41) is 25.3. The lowest BCUT2D eigenvalue weighted by Gasteiger charge is -2.32. The predicted octanol–water partition coefficient (Wildman–Crippen LogP) is 1.36.